The van der Waals surface area contributed by atoms with Crippen molar-refractivity contribution in [2.24, 2.45) is 0 Å². The van der Waals surface area contributed by atoms with Crippen LogP contribution in [0.15, 0.2) is 121 Å². The Morgan fingerprint density at radius 3 is 1.62 bits per heavy atom. The summed E-state index contributed by atoms with van der Waals surface area (Å²) in [5.41, 5.74) is 25.4. The fourth-order valence-electron chi connectivity index (χ4n) is 14.1. The van der Waals surface area contributed by atoms with Crippen LogP contribution in [0.5, 0.6) is 0 Å². The van der Waals surface area contributed by atoms with Gasteiger partial charge in [0.1, 0.15) is 0 Å². The van der Waals surface area contributed by atoms with Crippen molar-refractivity contribution in [2.75, 3.05) is 9.80 Å². The highest BCUT2D eigenvalue weighted by Gasteiger charge is 2.51. The number of hydrogen-bond donors (Lipinski definition) is 0. The summed E-state index contributed by atoms with van der Waals surface area (Å²) in [4.78, 5) is 7.03. The van der Waals surface area contributed by atoms with Crippen molar-refractivity contribution in [1.29, 1.82) is 0 Å². The van der Waals surface area contributed by atoms with Gasteiger partial charge in [0, 0.05) is 44.0 Å². The molecule has 5 aliphatic rings. The lowest BCUT2D eigenvalue weighted by atomic mass is 9.35. The molecule has 1 unspecified atom stereocenters. The zero-order chi connectivity index (χ0) is 49.9. The highest BCUT2D eigenvalue weighted by molar-refractivity contribution is 7.29. The van der Waals surface area contributed by atoms with Crippen LogP contribution in [0, 0.1) is 13.8 Å². The molecule has 3 aliphatic carbocycles. The smallest absolute Gasteiger partial charge is 0.264 e. The van der Waals surface area contributed by atoms with Crippen molar-refractivity contribution in [3.8, 4) is 0 Å². The predicted molar refractivity (Wildman–Crippen MR) is 308 cm³/mol. The van der Waals surface area contributed by atoms with Crippen LogP contribution in [0.25, 0.3) is 0 Å². The normalized spacial score (nSPS) is 20.5. The lowest BCUT2D eigenvalue weighted by Crippen LogP contribution is -2.60. The van der Waals surface area contributed by atoms with Crippen LogP contribution in [0.3, 0.4) is 0 Å². The standard InChI is InChI=1S/C67H75BN2S/c1-41-20-24-46(25-21-41)69-53-29-22-42(2)36-52(53)68-58-54(69)38-45(56(43-18-16-15-17-19-43)44-23-27-48-50(37-44)64(7,8)32-30-62(48,3)4)39-55(58)70(47-26-28-49-51(40-47)65(9,10)33-31-63(49,5)6)59-57-60(71-61(59)68)67(13,14)35-34-66(57,11)12/h15-29,36-40,56H,30-35H2,1-14H3. The van der Waals surface area contributed by atoms with Crippen LogP contribution >= 0.6 is 11.3 Å². The van der Waals surface area contributed by atoms with E-state index in [1.54, 1.807) is 10.4 Å². The van der Waals surface area contributed by atoms with Gasteiger partial charge in [-0.2, -0.15) is 11.3 Å². The highest BCUT2D eigenvalue weighted by Crippen LogP contribution is 2.58. The Balaban J connectivity index is 1.23. The van der Waals surface area contributed by atoms with Crippen LogP contribution in [-0.4, -0.2) is 6.71 Å². The van der Waals surface area contributed by atoms with Gasteiger partial charge < -0.3 is 9.80 Å². The molecule has 71 heavy (non-hydrogen) atoms. The minimum Gasteiger partial charge on any atom is -0.311 e. The van der Waals surface area contributed by atoms with Crippen LogP contribution in [-0.2, 0) is 32.5 Å². The second kappa shape index (κ2) is 15.6. The summed E-state index contributed by atoms with van der Waals surface area (Å²) in [7, 11) is 0. The van der Waals surface area contributed by atoms with Crippen LogP contribution in [0.4, 0.5) is 34.1 Å². The molecule has 4 heteroatoms. The second-order valence-electron chi connectivity index (χ2n) is 26.7. The Labute approximate surface area is 431 Å². The molecular weight excluding hydrogens is 876 g/mol. The van der Waals surface area contributed by atoms with Gasteiger partial charge in [0.2, 0.25) is 0 Å². The Bertz CT molecular complexity index is 3310. The average Bonchev–Trinajstić information content (AvgIpc) is 3.75. The van der Waals surface area contributed by atoms with Gasteiger partial charge in [-0.05, 0) is 183 Å². The molecule has 2 nitrogen and oxygen atoms in total. The predicted octanol–water partition coefficient (Wildman–Crippen LogP) is 16.7. The Morgan fingerprint density at radius 2 is 0.972 bits per heavy atom. The molecule has 2 aliphatic heterocycles. The summed E-state index contributed by atoms with van der Waals surface area (Å²) in [6.45, 7) is 34.5. The molecule has 3 heterocycles. The molecule has 7 aromatic rings. The van der Waals surface area contributed by atoms with Crippen LogP contribution < -0.4 is 25.5 Å². The summed E-state index contributed by atoms with van der Waals surface area (Å²) >= 11 is 2.14. The van der Waals surface area contributed by atoms with Crippen LogP contribution in [0.1, 0.15) is 188 Å². The molecule has 0 N–H and O–H groups in total. The maximum Gasteiger partial charge on any atom is 0.264 e. The fourth-order valence-corrected chi connectivity index (χ4v) is 15.8. The van der Waals surface area contributed by atoms with E-state index in [1.807, 2.05) is 0 Å². The van der Waals surface area contributed by atoms with Gasteiger partial charge >= 0.3 is 0 Å². The molecule has 0 spiro atoms. The number of fused-ring (bicyclic) bond motifs is 8. The minimum atomic E-state index is -0.00504. The highest BCUT2D eigenvalue weighted by atomic mass is 32.1. The molecular formula is C67H75BN2S. The largest absolute Gasteiger partial charge is 0.311 e. The zero-order valence-electron chi connectivity index (χ0n) is 45.2. The van der Waals surface area contributed by atoms with Gasteiger partial charge in [0.15, 0.2) is 0 Å². The zero-order valence-corrected chi connectivity index (χ0v) is 46.1. The third-order valence-electron chi connectivity index (χ3n) is 18.8. The van der Waals surface area contributed by atoms with Crippen molar-refractivity contribution in [2.45, 2.75) is 174 Å². The van der Waals surface area contributed by atoms with E-state index in [0.717, 1.165) is 6.42 Å². The number of thiophene rings is 1. The molecule has 0 amide bonds. The van der Waals surface area contributed by atoms with E-state index in [4.69, 9.17) is 0 Å². The summed E-state index contributed by atoms with van der Waals surface area (Å²) in [5.74, 6) is -0.0000946. The molecule has 0 radical (unpaired) electrons. The van der Waals surface area contributed by atoms with E-state index in [1.165, 1.54) is 132 Å². The number of hydrogen-bond acceptors (Lipinski definition) is 3. The molecule has 0 fully saturated rings. The van der Waals surface area contributed by atoms with E-state index in [-0.39, 0.29) is 45.1 Å². The number of aryl methyl sites for hydroxylation is 2. The van der Waals surface area contributed by atoms with E-state index in [2.05, 4.69) is 239 Å². The summed E-state index contributed by atoms with van der Waals surface area (Å²) < 4.78 is 1.51. The third kappa shape index (κ3) is 7.14. The first-order valence-electron chi connectivity index (χ1n) is 27.0. The van der Waals surface area contributed by atoms with E-state index in [0.29, 0.717) is 0 Å². The van der Waals surface area contributed by atoms with Crippen molar-refractivity contribution in [3.05, 3.63) is 182 Å². The first kappa shape index (κ1) is 46.7. The maximum absolute atomic E-state index is 2.82. The topological polar surface area (TPSA) is 6.48 Å². The van der Waals surface area contributed by atoms with Gasteiger partial charge in [-0.25, -0.2) is 0 Å². The number of rotatable bonds is 5. The molecule has 362 valence electrons. The summed E-state index contributed by atoms with van der Waals surface area (Å²) in [5, 5.41) is 0. The van der Waals surface area contributed by atoms with E-state index in [9.17, 15) is 0 Å². The van der Waals surface area contributed by atoms with E-state index >= 15 is 0 Å². The first-order chi connectivity index (χ1) is 33.5. The quantitative estimate of drug-likeness (QED) is 0.125. The van der Waals surface area contributed by atoms with Gasteiger partial charge in [-0.1, -0.05) is 173 Å². The fraction of sp³-hybridized carbons (Fsp3) is 0.403. The Kier molecular flexibility index (Phi) is 10.3. The summed E-state index contributed by atoms with van der Waals surface area (Å²) in [6.07, 6.45) is 7.12. The lowest BCUT2D eigenvalue weighted by Gasteiger charge is -2.47. The molecule has 0 bridgehead atoms. The van der Waals surface area contributed by atoms with Crippen molar-refractivity contribution in [1.82, 2.24) is 0 Å². The molecule has 1 atom stereocenters. The van der Waals surface area contributed by atoms with Crippen molar-refractivity contribution >= 4 is 67.9 Å². The number of nitrogens with zero attached hydrogens (tertiary/aromatic N) is 2. The first-order valence-corrected chi connectivity index (χ1v) is 27.8. The number of benzene rings is 6. The van der Waals surface area contributed by atoms with Gasteiger partial charge in [-0.15, -0.1) is 0 Å². The second-order valence-corrected chi connectivity index (χ2v) is 27.7. The molecule has 1 aromatic heterocycles. The molecule has 0 saturated heterocycles. The van der Waals surface area contributed by atoms with Crippen molar-refractivity contribution in [3.63, 3.8) is 0 Å². The van der Waals surface area contributed by atoms with Crippen LogP contribution in [0.2, 0.25) is 0 Å². The minimum absolute atomic E-state index is 0.0000946. The molecule has 6 aromatic carbocycles. The SMILES string of the molecule is Cc1ccc(N2c3ccc(C)cc3B3c4sc5c(c4N(c4ccc6c(c4)C(C)(C)CCC6(C)C)c4cc(C(c6ccccc6)c6ccc7c(c6)C(C)(C)CCC7(C)C)cc2c43)C(C)(C)CCC5(C)C)cc1. The molecule has 0 saturated carbocycles. The van der Waals surface area contributed by atoms with Gasteiger partial charge in [-0.3, -0.25) is 0 Å². The maximum atomic E-state index is 2.82. The lowest BCUT2D eigenvalue weighted by molar-refractivity contribution is 0.331. The Morgan fingerprint density at radius 1 is 0.437 bits per heavy atom. The number of anilines is 6. The Hall–Kier alpha value is -5.32. The van der Waals surface area contributed by atoms with Crippen molar-refractivity contribution < 1.29 is 0 Å². The van der Waals surface area contributed by atoms with Gasteiger partial charge in [0.25, 0.3) is 6.71 Å². The monoisotopic (exact) mass is 951 g/mol. The van der Waals surface area contributed by atoms with E-state index < -0.39 is 0 Å². The summed E-state index contributed by atoms with van der Waals surface area (Å²) in [6, 6.07) is 48.7. The van der Waals surface area contributed by atoms with Gasteiger partial charge in [0.05, 0.1) is 5.69 Å². The molecule has 12 rings (SSSR count). The average molecular weight is 951 g/mol. The third-order valence-corrected chi connectivity index (χ3v) is 20.4.